The highest BCUT2D eigenvalue weighted by Crippen LogP contribution is 2.32. The van der Waals surface area contributed by atoms with E-state index in [1.54, 1.807) is 55.5 Å². The number of sulfonamides is 1. The number of hydrogen-bond donors (Lipinski definition) is 1. The Morgan fingerprint density at radius 3 is 1.98 bits per heavy atom. The highest BCUT2D eigenvalue weighted by Gasteiger charge is 2.35. The summed E-state index contributed by atoms with van der Waals surface area (Å²) >= 11 is 19.4. The number of nitrogens with zero attached hydrogens (tertiary/aromatic N) is 2. The first-order valence-electron chi connectivity index (χ1n) is 13.0. The van der Waals surface area contributed by atoms with Crippen molar-refractivity contribution in [3.05, 3.63) is 92.9 Å². The van der Waals surface area contributed by atoms with Crippen LogP contribution in [0.4, 0.5) is 5.69 Å². The number of nitrogens with one attached hydrogen (secondary N) is 1. The summed E-state index contributed by atoms with van der Waals surface area (Å²) in [5, 5.41) is 3.70. The van der Waals surface area contributed by atoms with E-state index in [1.165, 1.54) is 23.1 Å². The van der Waals surface area contributed by atoms with Crippen LogP contribution >= 0.6 is 34.8 Å². The molecule has 0 saturated carbocycles. The van der Waals surface area contributed by atoms with Crippen molar-refractivity contribution in [3.8, 4) is 0 Å². The zero-order valence-electron chi connectivity index (χ0n) is 23.6. The van der Waals surface area contributed by atoms with Crippen molar-refractivity contribution < 1.29 is 18.0 Å². The predicted molar refractivity (Wildman–Crippen MR) is 166 cm³/mol. The predicted octanol–water partition coefficient (Wildman–Crippen LogP) is 6.87. The minimum atomic E-state index is -4.24. The topological polar surface area (TPSA) is 86.8 Å². The van der Waals surface area contributed by atoms with Gasteiger partial charge in [-0.1, -0.05) is 77.6 Å². The molecule has 0 heterocycles. The Balaban J connectivity index is 2.13. The Hall–Kier alpha value is -2.78. The first-order valence-corrected chi connectivity index (χ1v) is 15.6. The van der Waals surface area contributed by atoms with Gasteiger partial charge in [0.1, 0.15) is 12.6 Å². The number of amides is 2. The molecule has 0 spiro atoms. The van der Waals surface area contributed by atoms with Crippen LogP contribution < -0.4 is 9.62 Å². The van der Waals surface area contributed by atoms with E-state index in [2.05, 4.69) is 5.32 Å². The summed E-state index contributed by atoms with van der Waals surface area (Å²) in [5.74, 6) is -1.02. The van der Waals surface area contributed by atoms with E-state index in [-0.39, 0.29) is 34.5 Å². The van der Waals surface area contributed by atoms with Gasteiger partial charge < -0.3 is 10.2 Å². The van der Waals surface area contributed by atoms with Gasteiger partial charge >= 0.3 is 0 Å². The van der Waals surface area contributed by atoms with Crippen LogP contribution in [0.1, 0.15) is 45.2 Å². The molecule has 0 saturated heterocycles. The smallest absolute Gasteiger partial charge is 0.264 e. The maximum atomic E-state index is 14.2. The number of carbonyl (C=O) groups excluding carboxylic acids is 2. The number of halogens is 3. The molecule has 0 radical (unpaired) electrons. The number of aryl methyl sites for hydroxylation is 1. The van der Waals surface area contributed by atoms with Crippen LogP contribution in [0.3, 0.4) is 0 Å². The highest BCUT2D eigenvalue weighted by molar-refractivity contribution is 7.92. The fraction of sp³-hybridized carbons (Fsp3) is 0.333. The molecule has 11 heteroatoms. The minimum absolute atomic E-state index is 0.00552. The first kappa shape index (κ1) is 32.7. The van der Waals surface area contributed by atoms with Gasteiger partial charge in [0.15, 0.2) is 0 Å². The molecule has 3 rings (SSSR count). The molecular weight excluding hydrogens is 605 g/mol. The van der Waals surface area contributed by atoms with E-state index in [0.29, 0.717) is 15.6 Å². The molecule has 1 atom stereocenters. The lowest BCUT2D eigenvalue weighted by Gasteiger charge is -2.35. The number of benzene rings is 3. The summed E-state index contributed by atoms with van der Waals surface area (Å²) in [4.78, 5) is 28.9. The van der Waals surface area contributed by atoms with Crippen molar-refractivity contribution in [1.82, 2.24) is 10.2 Å². The Morgan fingerprint density at radius 2 is 1.44 bits per heavy atom. The molecule has 0 aliphatic heterocycles. The maximum Gasteiger partial charge on any atom is 0.264 e. The zero-order chi connectivity index (χ0) is 30.5. The fourth-order valence-electron chi connectivity index (χ4n) is 4.23. The summed E-state index contributed by atoms with van der Waals surface area (Å²) in [6.45, 7) is 8.38. The van der Waals surface area contributed by atoms with Gasteiger partial charge in [0.2, 0.25) is 11.8 Å². The molecule has 2 amide bonds. The highest BCUT2D eigenvalue weighted by atomic mass is 35.5. The van der Waals surface area contributed by atoms with Crippen LogP contribution in [0.15, 0.2) is 71.6 Å². The third kappa shape index (κ3) is 8.16. The van der Waals surface area contributed by atoms with Crippen LogP contribution in [-0.4, -0.2) is 43.3 Å². The van der Waals surface area contributed by atoms with Crippen molar-refractivity contribution in [2.75, 3.05) is 10.8 Å². The van der Waals surface area contributed by atoms with Crippen LogP contribution in [0.25, 0.3) is 0 Å². The quantitative estimate of drug-likeness (QED) is 0.263. The zero-order valence-corrected chi connectivity index (χ0v) is 26.7. The van der Waals surface area contributed by atoms with Crippen LogP contribution in [0.5, 0.6) is 0 Å². The Bertz CT molecular complexity index is 1490. The van der Waals surface area contributed by atoms with Crippen molar-refractivity contribution in [3.63, 3.8) is 0 Å². The molecular formula is C30H34Cl3N3O4S. The maximum absolute atomic E-state index is 14.2. The second-order valence-electron chi connectivity index (χ2n) is 10.7. The first-order chi connectivity index (χ1) is 19.2. The molecule has 41 heavy (non-hydrogen) atoms. The molecule has 1 unspecified atom stereocenters. The summed E-state index contributed by atoms with van der Waals surface area (Å²) in [6.07, 6.45) is 0.256. The summed E-state index contributed by atoms with van der Waals surface area (Å²) in [5.41, 5.74) is 0.880. The number of hydrogen-bond acceptors (Lipinski definition) is 4. The van der Waals surface area contributed by atoms with Crippen LogP contribution in [0.2, 0.25) is 15.1 Å². The van der Waals surface area contributed by atoms with Gasteiger partial charge in [-0.3, -0.25) is 13.9 Å². The van der Waals surface area contributed by atoms with Gasteiger partial charge in [-0.2, -0.15) is 0 Å². The summed E-state index contributed by atoms with van der Waals surface area (Å²) in [6, 6.07) is 16.7. The second kappa shape index (κ2) is 13.5. The Kier molecular flexibility index (Phi) is 10.7. The number of para-hydroxylation sites is 1. The van der Waals surface area contributed by atoms with Crippen molar-refractivity contribution in [2.24, 2.45) is 0 Å². The molecule has 0 bridgehead atoms. The van der Waals surface area contributed by atoms with Crippen molar-refractivity contribution >= 4 is 62.3 Å². The number of carbonyl (C=O) groups is 2. The molecule has 0 aliphatic carbocycles. The van der Waals surface area contributed by atoms with Crippen LogP contribution in [0, 0.1) is 6.92 Å². The second-order valence-corrected chi connectivity index (χ2v) is 13.7. The van der Waals surface area contributed by atoms with Crippen molar-refractivity contribution in [2.45, 2.75) is 64.1 Å². The lowest BCUT2D eigenvalue weighted by Crippen LogP contribution is -2.55. The third-order valence-corrected chi connectivity index (χ3v) is 9.09. The molecule has 220 valence electrons. The molecule has 1 N–H and O–H groups in total. The van der Waals surface area contributed by atoms with Gasteiger partial charge in [0.05, 0.1) is 15.6 Å². The fourth-order valence-corrected chi connectivity index (χ4v) is 6.47. The molecule has 0 fully saturated rings. The van der Waals surface area contributed by atoms with Gasteiger partial charge in [0, 0.05) is 27.7 Å². The SMILES string of the molecule is CCC(C(=O)NC(C)(C)C)N(Cc1c(Cl)cccc1Cl)C(=O)CN(c1ccccc1Cl)S(=O)(=O)c1ccc(C)cc1. The molecule has 0 aliphatic rings. The number of anilines is 1. The van der Waals surface area contributed by atoms with Gasteiger partial charge in [-0.05, 0) is 70.5 Å². The monoisotopic (exact) mass is 637 g/mol. The average molecular weight is 639 g/mol. The number of rotatable bonds is 10. The minimum Gasteiger partial charge on any atom is -0.350 e. The largest absolute Gasteiger partial charge is 0.350 e. The van der Waals surface area contributed by atoms with Crippen LogP contribution in [-0.2, 0) is 26.2 Å². The van der Waals surface area contributed by atoms with Gasteiger partial charge in [-0.15, -0.1) is 0 Å². The van der Waals surface area contributed by atoms with E-state index < -0.39 is 34.1 Å². The molecule has 7 nitrogen and oxygen atoms in total. The van der Waals surface area contributed by atoms with Gasteiger partial charge in [0.25, 0.3) is 10.0 Å². The Labute approximate surface area is 257 Å². The van der Waals surface area contributed by atoms with Gasteiger partial charge in [-0.25, -0.2) is 8.42 Å². The van der Waals surface area contributed by atoms with E-state index >= 15 is 0 Å². The molecule has 3 aromatic carbocycles. The summed E-state index contributed by atoms with van der Waals surface area (Å²) in [7, 11) is -4.24. The van der Waals surface area contributed by atoms with E-state index in [9.17, 15) is 18.0 Å². The van der Waals surface area contributed by atoms with Crippen molar-refractivity contribution in [1.29, 1.82) is 0 Å². The standard InChI is InChI=1S/C30H34Cl3N3O4S/c1-6-26(29(38)34-30(3,4)5)35(18-22-23(31)11-9-12-24(22)32)28(37)19-36(27-13-8-7-10-25(27)33)41(39,40)21-16-14-20(2)15-17-21/h7-17,26H,6,18-19H2,1-5H3,(H,34,38). The third-order valence-electron chi connectivity index (χ3n) is 6.28. The average Bonchev–Trinajstić information content (AvgIpc) is 2.88. The van der Waals surface area contributed by atoms with E-state index in [0.717, 1.165) is 9.87 Å². The van der Waals surface area contributed by atoms with E-state index in [1.807, 2.05) is 27.7 Å². The summed E-state index contributed by atoms with van der Waals surface area (Å²) < 4.78 is 28.9. The lowest BCUT2D eigenvalue weighted by molar-refractivity contribution is -0.141. The molecule has 0 aromatic heterocycles. The van der Waals surface area contributed by atoms with E-state index in [4.69, 9.17) is 34.8 Å². The molecule has 3 aromatic rings. The lowest BCUT2D eigenvalue weighted by atomic mass is 10.1. The Morgan fingerprint density at radius 1 is 0.878 bits per heavy atom. The normalized spacial score (nSPS) is 12.5.